The average Bonchev–Trinajstić information content (AvgIpc) is 2.54. The lowest BCUT2D eigenvalue weighted by atomic mass is 10.0. The minimum absolute atomic E-state index is 0.222. The summed E-state index contributed by atoms with van der Waals surface area (Å²) in [5, 5.41) is 0.724. The number of nitrogen functional groups attached to an aromatic ring is 1. The third-order valence-corrected chi connectivity index (χ3v) is 4.44. The quantitative estimate of drug-likeness (QED) is 0.596. The first-order valence-electron chi connectivity index (χ1n) is 8.65. The molecule has 5 heteroatoms. The molecule has 0 fully saturated rings. The summed E-state index contributed by atoms with van der Waals surface area (Å²) in [6.45, 7) is 6.74. The van der Waals surface area contributed by atoms with Crippen molar-refractivity contribution in [2.24, 2.45) is 0 Å². The minimum Gasteiger partial charge on any atom is -0.494 e. The monoisotopic (exact) mass is 360 g/mol. The fourth-order valence-electron chi connectivity index (χ4n) is 3.07. The van der Waals surface area contributed by atoms with Crippen molar-refractivity contribution in [2.75, 3.05) is 30.3 Å². The Morgan fingerprint density at radius 3 is 2.68 bits per heavy atom. The molecule has 0 atom stereocenters. The normalized spacial score (nSPS) is 15.4. The zero-order valence-electron chi connectivity index (χ0n) is 14.8. The molecule has 2 aromatic rings. The van der Waals surface area contributed by atoms with Gasteiger partial charge in [0.2, 0.25) is 0 Å². The molecule has 0 aromatic heterocycles. The maximum Gasteiger partial charge on any atom is 0.145 e. The number of ether oxygens (including phenoxy) is 2. The molecule has 3 rings (SSSR count). The molecule has 0 spiro atoms. The maximum absolute atomic E-state index is 6.07. The number of fused-ring (bicyclic) bond motifs is 1. The summed E-state index contributed by atoms with van der Waals surface area (Å²) in [5.41, 5.74) is 7.52. The lowest BCUT2D eigenvalue weighted by Crippen LogP contribution is -2.47. The van der Waals surface area contributed by atoms with Gasteiger partial charge in [-0.25, -0.2) is 0 Å². The molecule has 2 aromatic carbocycles. The highest BCUT2D eigenvalue weighted by Crippen LogP contribution is 2.38. The van der Waals surface area contributed by atoms with Gasteiger partial charge in [-0.2, -0.15) is 0 Å². The van der Waals surface area contributed by atoms with E-state index in [2.05, 4.69) is 18.7 Å². The van der Waals surface area contributed by atoms with Crippen LogP contribution < -0.4 is 20.1 Å². The van der Waals surface area contributed by atoms with E-state index in [0.717, 1.165) is 53.8 Å². The van der Waals surface area contributed by atoms with Gasteiger partial charge in [-0.15, -0.1) is 0 Å². The van der Waals surface area contributed by atoms with Crippen LogP contribution in [-0.4, -0.2) is 25.3 Å². The third kappa shape index (κ3) is 4.73. The first-order chi connectivity index (χ1) is 11.9. The first-order valence-corrected chi connectivity index (χ1v) is 9.03. The van der Waals surface area contributed by atoms with Crippen LogP contribution in [0.2, 0.25) is 5.02 Å². The topological polar surface area (TPSA) is 47.7 Å². The van der Waals surface area contributed by atoms with E-state index < -0.39 is 0 Å². The summed E-state index contributed by atoms with van der Waals surface area (Å²) < 4.78 is 11.8. The van der Waals surface area contributed by atoms with Crippen LogP contribution in [0, 0.1) is 0 Å². The molecule has 0 saturated heterocycles. The second kappa shape index (κ2) is 7.44. The lowest BCUT2D eigenvalue weighted by molar-refractivity contribution is 0.105. The molecule has 1 aliphatic rings. The van der Waals surface area contributed by atoms with E-state index in [1.54, 1.807) is 0 Å². The zero-order valence-corrected chi connectivity index (χ0v) is 15.6. The van der Waals surface area contributed by atoms with Gasteiger partial charge in [0, 0.05) is 23.3 Å². The molecule has 1 heterocycles. The number of unbranched alkanes of at least 4 members (excludes halogenated alkanes) is 1. The molecule has 1 aliphatic heterocycles. The van der Waals surface area contributed by atoms with Crippen LogP contribution in [0.4, 0.5) is 11.4 Å². The molecule has 134 valence electrons. The summed E-state index contributed by atoms with van der Waals surface area (Å²) in [6.07, 6.45) is 2.04. The highest BCUT2D eigenvalue weighted by Gasteiger charge is 2.31. The lowest BCUT2D eigenvalue weighted by Gasteiger charge is -2.41. The van der Waals surface area contributed by atoms with E-state index in [1.165, 1.54) is 0 Å². The van der Waals surface area contributed by atoms with E-state index in [-0.39, 0.29) is 5.60 Å². The Balaban J connectivity index is 1.52. The van der Waals surface area contributed by atoms with E-state index in [9.17, 15) is 0 Å². The summed E-state index contributed by atoms with van der Waals surface area (Å²) in [6, 6.07) is 13.4. The summed E-state index contributed by atoms with van der Waals surface area (Å²) in [7, 11) is 0. The van der Waals surface area contributed by atoms with E-state index in [0.29, 0.717) is 6.61 Å². The van der Waals surface area contributed by atoms with Crippen molar-refractivity contribution in [1.82, 2.24) is 0 Å². The van der Waals surface area contributed by atoms with Gasteiger partial charge in [-0.05, 0) is 63.1 Å². The van der Waals surface area contributed by atoms with Gasteiger partial charge < -0.3 is 20.1 Å². The molecule has 25 heavy (non-hydrogen) atoms. The molecule has 2 N–H and O–H groups in total. The summed E-state index contributed by atoms with van der Waals surface area (Å²) in [5.74, 6) is 1.73. The molecule has 0 saturated carbocycles. The van der Waals surface area contributed by atoms with Crippen LogP contribution in [-0.2, 0) is 0 Å². The van der Waals surface area contributed by atoms with Crippen LogP contribution in [0.15, 0.2) is 42.5 Å². The predicted octanol–water partition coefficient (Wildman–Crippen LogP) is 4.76. The second-order valence-electron chi connectivity index (χ2n) is 7.02. The van der Waals surface area contributed by atoms with Gasteiger partial charge in [-0.3, -0.25) is 0 Å². The van der Waals surface area contributed by atoms with Gasteiger partial charge in [0.1, 0.15) is 17.1 Å². The van der Waals surface area contributed by atoms with E-state index in [4.69, 9.17) is 26.8 Å². The number of halogens is 1. The number of nitrogens with two attached hydrogens (primary N) is 1. The SMILES string of the molecule is CC1(C)CN(CCCCOc2ccc(Cl)cc2)c2ccc(N)cc2O1. The van der Waals surface area contributed by atoms with Gasteiger partial charge >= 0.3 is 0 Å². The van der Waals surface area contributed by atoms with Crippen LogP contribution in [0.3, 0.4) is 0 Å². The van der Waals surface area contributed by atoms with Crippen molar-refractivity contribution < 1.29 is 9.47 Å². The number of benzene rings is 2. The molecule has 0 bridgehead atoms. The van der Waals surface area contributed by atoms with Crippen molar-refractivity contribution in [2.45, 2.75) is 32.3 Å². The van der Waals surface area contributed by atoms with Gasteiger partial charge in [0.25, 0.3) is 0 Å². The van der Waals surface area contributed by atoms with Crippen molar-refractivity contribution in [3.63, 3.8) is 0 Å². The molecule has 0 amide bonds. The van der Waals surface area contributed by atoms with E-state index in [1.807, 2.05) is 42.5 Å². The highest BCUT2D eigenvalue weighted by molar-refractivity contribution is 6.30. The molecular weight excluding hydrogens is 336 g/mol. The van der Waals surface area contributed by atoms with Crippen LogP contribution in [0.5, 0.6) is 11.5 Å². The van der Waals surface area contributed by atoms with Crippen LogP contribution in [0.1, 0.15) is 26.7 Å². The molecule has 0 unspecified atom stereocenters. The molecule has 0 radical (unpaired) electrons. The Labute approximate surface area is 154 Å². The number of hydrogen-bond acceptors (Lipinski definition) is 4. The van der Waals surface area contributed by atoms with Gasteiger partial charge in [0.15, 0.2) is 0 Å². The molecule has 4 nitrogen and oxygen atoms in total. The van der Waals surface area contributed by atoms with Crippen molar-refractivity contribution in [3.8, 4) is 11.5 Å². The number of nitrogens with zero attached hydrogens (tertiary/aromatic N) is 1. The Morgan fingerprint density at radius 2 is 1.92 bits per heavy atom. The molecule has 0 aliphatic carbocycles. The Bertz CT molecular complexity index is 716. The second-order valence-corrected chi connectivity index (χ2v) is 7.46. The summed E-state index contributed by atoms with van der Waals surface area (Å²) in [4.78, 5) is 2.38. The first kappa shape index (κ1) is 17.7. The largest absolute Gasteiger partial charge is 0.494 e. The number of rotatable bonds is 6. The van der Waals surface area contributed by atoms with Crippen LogP contribution >= 0.6 is 11.6 Å². The maximum atomic E-state index is 6.07. The summed E-state index contributed by atoms with van der Waals surface area (Å²) >= 11 is 5.88. The standard InChI is InChI=1S/C20H25ClN2O2/c1-20(2)14-23(18-10-7-16(22)13-19(18)25-20)11-3-4-12-24-17-8-5-15(21)6-9-17/h5-10,13H,3-4,11-12,14,22H2,1-2H3. The zero-order chi connectivity index (χ0) is 17.9. The predicted molar refractivity (Wildman–Crippen MR) is 104 cm³/mol. The third-order valence-electron chi connectivity index (χ3n) is 4.19. The van der Waals surface area contributed by atoms with Crippen molar-refractivity contribution in [1.29, 1.82) is 0 Å². The van der Waals surface area contributed by atoms with Crippen molar-refractivity contribution in [3.05, 3.63) is 47.5 Å². The number of hydrogen-bond donors (Lipinski definition) is 1. The minimum atomic E-state index is -0.222. The fourth-order valence-corrected chi connectivity index (χ4v) is 3.20. The van der Waals surface area contributed by atoms with Gasteiger partial charge in [0.05, 0.1) is 18.8 Å². The van der Waals surface area contributed by atoms with Gasteiger partial charge in [-0.1, -0.05) is 11.6 Å². The Hall–Kier alpha value is -2.07. The highest BCUT2D eigenvalue weighted by atomic mass is 35.5. The smallest absolute Gasteiger partial charge is 0.145 e. The fraction of sp³-hybridized carbons (Fsp3) is 0.400. The number of anilines is 2. The van der Waals surface area contributed by atoms with Crippen LogP contribution in [0.25, 0.3) is 0 Å². The molecular formula is C20H25ClN2O2. The Morgan fingerprint density at radius 1 is 1.16 bits per heavy atom. The average molecular weight is 361 g/mol. The van der Waals surface area contributed by atoms with E-state index >= 15 is 0 Å². The van der Waals surface area contributed by atoms with Crippen molar-refractivity contribution >= 4 is 23.0 Å². The Kier molecular flexibility index (Phi) is 5.28.